The van der Waals surface area contributed by atoms with E-state index in [0.29, 0.717) is 6.54 Å². The SMILES string of the molecule is Cc1cc(CN)ccc1CS(=O)(=O)CC(C)C. The molecule has 0 saturated heterocycles. The van der Waals surface area contributed by atoms with Gasteiger partial charge in [0.1, 0.15) is 0 Å². The van der Waals surface area contributed by atoms with Crippen LogP contribution in [-0.4, -0.2) is 14.2 Å². The third-order valence-corrected chi connectivity index (χ3v) is 4.53. The van der Waals surface area contributed by atoms with Crippen LogP contribution in [0.1, 0.15) is 30.5 Å². The predicted molar refractivity (Wildman–Crippen MR) is 71.4 cm³/mol. The topological polar surface area (TPSA) is 60.2 Å². The Kier molecular flexibility index (Phi) is 4.71. The van der Waals surface area contributed by atoms with Crippen molar-refractivity contribution < 1.29 is 8.42 Å². The van der Waals surface area contributed by atoms with Crippen molar-refractivity contribution >= 4 is 9.84 Å². The molecule has 0 bridgehead atoms. The summed E-state index contributed by atoms with van der Waals surface area (Å²) in [7, 11) is -3.01. The van der Waals surface area contributed by atoms with Crippen LogP contribution in [0.4, 0.5) is 0 Å². The summed E-state index contributed by atoms with van der Waals surface area (Å²) in [6, 6.07) is 5.73. The molecule has 0 aliphatic carbocycles. The van der Waals surface area contributed by atoms with Crippen LogP contribution in [0.3, 0.4) is 0 Å². The van der Waals surface area contributed by atoms with Crippen LogP contribution in [0.5, 0.6) is 0 Å². The lowest BCUT2D eigenvalue weighted by Gasteiger charge is -2.10. The summed E-state index contributed by atoms with van der Waals surface area (Å²) in [4.78, 5) is 0. The molecule has 0 aromatic heterocycles. The maximum absolute atomic E-state index is 11.9. The third kappa shape index (κ3) is 4.48. The van der Waals surface area contributed by atoms with Crippen molar-refractivity contribution in [1.29, 1.82) is 0 Å². The third-order valence-electron chi connectivity index (χ3n) is 2.61. The Hall–Kier alpha value is -0.870. The summed E-state index contributed by atoms with van der Waals surface area (Å²) < 4.78 is 23.8. The number of benzene rings is 1. The highest BCUT2D eigenvalue weighted by Gasteiger charge is 2.15. The van der Waals surface area contributed by atoms with Gasteiger partial charge in [0.05, 0.1) is 11.5 Å². The Labute approximate surface area is 104 Å². The monoisotopic (exact) mass is 255 g/mol. The fourth-order valence-electron chi connectivity index (χ4n) is 1.85. The van der Waals surface area contributed by atoms with Gasteiger partial charge in [-0.25, -0.2) is 8.42 Å². The molecular formula is C13H21NO2S. The molecule has 2 N–H and O–H groups in total. The van der Waals surface area contributed by atoms with E-state index in [4.69, 9.17) is 5.73 Å². The molecule has 1 aromatic rings. The molecular weight excluding hydrogens is 234 g/mol. The summed E-state index contributed by atoms with van der Waals surface area (Å²) >= 11 is 0. The zero-order valence-electron chi connectivity index (χ0n) is 10.7. The second kappa shape index (κ2) is 5.65. The fraction of sp³-hybridized carbons (Fsp3) is 0.538. The van der Waals surface area contributed by atoms with E-state index in [2.05, 4.69) is 0 Å². The molecule has 1 aromatic carbocycles. The van der Waals surface area contributed by atoms with Gasteiger partial charge in [-0.15, -0.1) is 0 Å². The Morgan fingerprint density at radius 1 is 1.29 bits per heavy atom. The lowest BCUT2D eigenvalue weighted by molar-refractivity contribution is 0.581. The number of rotatable bonds is 5. The van der Waals surface area contributed by atoms with Crippen LogP contribution >= 0.6 is 0 Å². The smallest absolute Gasteiger partial charge is 0.154 e. The normalized spacial score (nSPS) is 12.1. The van der Waals surface area contributed by atoms with Crippen LogP contribution in [0.2, 0.25) is 0 Å². The van der Waals surface area contributed by atoms with Crippen LogP contribution in [0.15, 0.2) is 18.2 Å². The van der Waals surface area contributed by atoms with E-state index in [-0.39, 0.29) is 17.4 Å². The largest absolute Gasteiger partial charge is 0.326 e. The van der Waals surface area contributed by atoms with Gasteiger partial charge in [0, 0.05) is 6.54 Å². The predicted octanol–water partition coefficient (Wildman–Crippen LogP) is 2.02. The molecule has 3 nitrogen and oxygen atoms in total. The van der Waals surface area contributed by atoms with Gasteiger partial charge < -0.3 is 5.73 Å². The zero-order chi connectivity index (χ0) is 13.1. The van der Waals surface area contributed by atoms with Gasteiger partial charge in [-0.1, -0.05) is 32.0 Å². The number of nitrogens with two attached hydrogens (primary N) is 1. The summed E-state index contributed by atoms with van der Waals surface area (Å²) in [5.41, 5.74) is 8.46. The first-order valence-electron chi connectivity index (χ1n) is 5.83. The molecule has 0 aliphatic rings. The molecule has 0 atom stereocenters. The van der Waals surface area contributed by atoms with Crippen molar-refractivity contribution in [1.82, 2.24) is 0 Å². The molecule has 0 amide bonds. The lowest BCUT2D eigenvalue weighted by Crippen LogP contribution is -2.14. The highest BCUT2D eigenvalue weighted by Crippen LogP contribution is 2.15. The summed E-state index contributed by atoms with van der Waals surface area (Å²) in [6.07, 6.45) is 0. The molecule has 4 heteroatoms. The van der Waals surface area contributed by atoms with Gasteiger partial charge >= 0.3 is 0 Å². The first-order chi connectivity index (χ1) is 7.84. The minimum atomic E-state index is -3.01. The quantitative estimate of drug-likeness (QED) is 0.875. The number of aryl methyl sites for hydroxylation is 1. The van der Waals surface area contributed by atoms with Crippen molar-refractivity contribution in [3.05, 3.63) is 34.9 Å². The fourth-order valence-corrected chi connectivity index (χ4v) is 3.78. The van der Waals surface area contributed by atoms with E-state index in [1.807, 2.05) is 39.0 Å². The summed E-state index contributed by atoms with van der Waals surface area (Å²) in [6.45, 7) is 6.25. The van der Waals surface area contributed by atoms with E-state index < -0.39 is 9.84 Å². The average Bonchev–Trinajstić information content (AvgIpc) is 2.18. The van der Waals surface area contributed by atoms with Gasteiger partial charge in [-0.2, -0.15) is 0 Å². The van der Waals surface area contributed by atoms with Gasteiger partial charge in [0.15, 0.2) is 9.84 Å². The minimum absolute atomic E-state index is 0.127. The van der Waals surface area contributed by atoms with Gasteiger partial charge in [-0.05, 0) is 29.5 Å². The van der Waals surface area contributed by atoms with E-state index >= 15 is 0 Å². The van der Waals surface area contributed by atoms with Crippen molar-refractivity contribution in [2.75, 3.05) is 5.75 Å². The van der Waals surface area contributed by atoms with Crippen molar-refractivity contribution in [3.8, 4) is 0 Å². The molecule has 0 radical (unpaired) electrons. The highest BCUT2D eigenvalue weighted by molar-refractivity contribution is 7.90. The standard InChI is InChI=1S/C13H21NO2S/c1-10(2)8-17(15,16)9-13-5-4-12(7-14)6-11(13)3/h4-6,10H,7-9,14H2,1-3H3. The molecule has 0 spiro atoms. The number of hydrogen-bond donors (Lipinski definition) is 1. The van der Waals surface area contributed by atoms with Crippen molar-refractivity contribution in [2.45, 2.75) is 33.1 Å². The van der Waals surface area contributed by atoms with Crippen LogP contribution in [-0.2, 0) is 22.1 Å². The van der Waals surface area contributed by atoms with E-state index in [9.17, 15) is 8.42 Å². The molecule has 1 rings (SSSR count). The average molecular weight is 255 g/mol. The Morgan fingerprint density at radius 3 is 2.41 bits per heavy atom. The molecule has 0 saturated carbocycles. The summed E-state index contributed by atoms with van der Waals surface area (Å²) in [5, 5.41) is 0. The number of hydrogen-bond acceptors (Lipinski definition) is 3. The zero-order valence-corrected chi connectivity index (χ0v) is 11.5. The van der Waals surface area contributed by atoms with Crippen molar-refractivity contribution in [2.24, 2.45) is 11.7 Å². The second-order valence-electron chi connectivity index (χ2n) is 4.91. The Balaban J connectivity index is 2.89. The van der Waals surface area contributed by atoms with Gasteiger partial charge in [0.25, 0.3) is 0 Å². The van der Waals surface area contributed by atoms with E-state index in [1.165, 1.54) is 0 Å². The molecule has 0 unspecified atom stereocenters. The van der Waals surface area contributed by atoms with E-state index in [1.54, 1.807) is 0 Å². The lowest BCUT2D eigenvalue weighted by atomic mass is 10.1. The highest BCUT2D eigenvalue weighted by atomic mass is 32.2. The second-order valence-corrected chi connectivity index (χ2v) is 7.02. The molecule has 96 valence electrons. The molecule has 0 fully saturated rings. The van der Waals surface area contributed by atoms with Crippen LogP contribution in [0.25, 0.3) is 0 Å². The minimum Gasteiger partial charge on any atom is -0.326 e. The molecule has 0 heterocycles. The van der Waals surface area contributed by atoms with Crippen molar-refractivity contribution in [3.63, 3.8) is 0 Å². The number of sulfone groups is 1. The van der Waals surface area contributed by atoms with Gasteiger partial charge in [-0.3, -0.25) is 0 Å². The maximum Gasteiger partial charge on any atom is 0.154 e. The first kappa shape index (κ1) is 14.2. The van der Waals surface area contributed by atoms with Crippen LogP contribution < -0.4 is 5.73 Å². The first-order valence-corrected chi connectivity index (χ1v) is 7.65. The van der Waals surface area contributed by atoms with Crippen LogP contribution in [0, 0.1) is 12.8 Å². The molecule has 0 aliphatic heterocycles. The Bertz CT molecular complexity index is 478. The van der Waals surface area contributed by atoms with Gasteiger partial charge in [0.2, 0.25) is 0 Å². The summed E-state index contributed by atoms with van der Waals surface area (Å²) in [5.74, 6) is 0.538. The maximum atomic E-state index is 11.9. The molecule has 17 heavy (non-hydrogen) atoms. The van der Waals surface area contributed by atoms with E-state index in [0.717, 1.165) is 16.7 Å². The Morgan fingerprint density at radius 2 is 1.94 bits per heavy atom.